The third-order valence-corrected chi connectivity index (χ3v) is 4.01. The monoisotopic (exact) mass is 377 g/mol. The summed E-state index contributed by atoms with van der Waals surface area (Å²) in [7, 11) is 1.62. The molecular formula is C23H23NO4. The van der Waals surface area contributed by atoms with Crippen molar-refractivity contribution in [1.82, 2.24) is 0 Å². The summed E-state index contributed by atoms with van der Waals surface area (Å²) in [5.74, 6) is 1.08. The van der Waals surface area contributed by atoms with Gasteiger partial charge in [0.2, 0.25) is 0 Å². The van der Waals surface area contributed by atoms with Gasteiger partial charge in [0, 0.05) is 18.9 Å². The van der Waals surface area contributed by atoms with Gasteiger partial charge in [-0.1, -0.05) is 48.5 Å². The lowest BCUT2D eigenvalue weighted by Crippen LogP contribution is -2.20. The van der Waals surface area contributed by atoms with Crippen LogP contribution < -0.4 is 14.8 Å². The van der Waals surface area contributed by atoms with Gasteiger partial charge in [-0.05, 0) is 35.4 Å². The van der Waals surface area contributed by atoms with E-state index in [9.17, 15) is 4.79 Å². The highest BCUT2D eigenvalue weighted by atomic mass is 16.5. The van der Waals surface area contributed by atoms with E-state index in [0.29, 0.717) is 30.4 Å². The molecular weight excluding hydrogens is 354 g/mol. The molecule has 5 nitrogen and oxygen atoms in total. The van der Waals surface area contributed by atoms with E-state index >= 15 is 0 Å². The summed E-state index contributed by atoms with van der Waals surface area (Å²) >= 11 is 0. The lowest BCUT2D eigenvalue weighted by atomic mass is 10.1. The van der Waals surface area contributed by atoms with Gasteiger partial charge in [0.25, 0.3) is 5.91 Å². The van der Waals surface area contributed by atoms with Crippen molar-refractivity contribution in [2.75, 3.05) is 32.2 Å². The lowest BCUT2D eigenvalue weighted by molar-refractivity contribution is -0.118. The summed E-state index contributed by atoms with van der Waals surface area (Å²) in [6.45, 7) is 0.892. The molecule has 3 aromatic rings. The molecule has 0 saturated carbocycles. The summed E-state index contributed by atoms with van der Waals surface area (Å²) in [5, 5.41) is 2.81. The molecule has 5 heteroatoms. The minimum Gasteiger partial charge on any atom is -0.491 e. The zero-order valence-electron chi connectivity index (χ0n) is 15.8. The summed E-state index contributed by atoms with van der Waals surface area (Å²) in [4.78, 5) is 12.1. The van der Waals surface area contributed by atoms with E-state index in [1.807, 2.05) is 54.6 Å². The number of hydrogen-bond acceptors (Lipinski definition) is 4. The number of nitrogens with one attached hydrogen (secondary N) is 1. The van der Waals surface area contributed by atoms with Crippen LogP contribution in [0.5, 0.6) is 11.5 Å². The second kappa shape index (κ2) is 10.1. The van der Waals surface area contributed by atoms with Crippen LogP contribution in [0, 0.1) is 0 Å². The molecule has 1 N–H and O–H groups in total. The molecule has 0 atom stereocenters. The molecule has 28 heavy (non-hydrogen) atoms. The Kier molecular flexibility index (Phi) is 7.04. The minimum absolute atomic E-state index is 0.0700. The molecule has 0 bridgehead atoms. The highest BCUT2D eigenvalue weighted by Gasteiger charge is 2.05. The van der Waals surface area contributed by atoms with E-state index in [1.165, 1.54) is 0 Å². The molecule has 0 aromatic heterocycles. The fourth-order valence-corrected chi connectivity index (χ4v) is 2.63. The van der Waals surface area contributed by atoms with Crippen molar-refractivity contribution in [1.29, 1.82) is 0 Å². The molecule has 0 unspecified atom stereocenters. The Labute approximate surface area is 164 Å². The molecule has 0 aliphatic heterocycles. The van der Waals surface area contributed by atoms with Crippen LogP contribution in [-0.4, -0.2) is 32.8 Å². The maximum absolute atomic E-state index is 12.1. The predicted molar refractivity (Wildman–Crippen MR) is 110 cm³/mol. The zero-order chi connectivity index (χ0) is 19.6. The average molecular weight is 377 g/mol. The second-order valence-electron chi connectivity index (χ2n) is 6.10. The zero-order valence-corrected chi connectivity index (χ0v) is 15.8. The Morgan fingerprint density at radius 2 is 1.54 bits per heavy atom. The maximum atomic E-state index is 12.1. The normalized spacial score (nSPS) is 10.3. The molecule has 3 aromatic carbocycles. The molecule has 3 rings (SSSR count). The first-order chi connectivity index (χ1) is 13.7. The van der Waals surface area contributed by atoms with E-state index in [4.69, 9.17) is 14.2 Å². The van der Waals surface area contributed by atoms with Crippen molar-refractivity contribution in [3.63, 3.8) is 0 Å². The van der Waals surface area contributed by atoms with Gasteiger partial charge < -0.3 is 19.5 Å². The molecule has 0 saturated heterocycles. The van der Waals surface area contributed by atoms with Crippen molar-refractivity contribution in [2.24, 2.45) is 0 Å². The predicted octanol–water partition coefficient (Wildman–Crippen LogP) is 4.40. The summed E-state index contributed by atoms with van der Waals surface area (Å²) in [6.07, 6.45) is 0. The number of ether oxygens (including phenoxy) is 3. The molecule has 0 aliphatic rings. The van der Waals surface area contributed by atoms with Gasteiger partial charge in [0.1, 0.15) is 18.1 Å². The number of carbonyl (C=O) groups excluding carboxylic acids is 1. The number of rotatable bonds is 9. The minimum atomic E-state index is -0.235. The first kappa shape index (κ1) is 19.5. The fraction of sp³-hybridized carbons (Fsp3) is 0.174. The first-order valence-corrected chi connectivity index (χ1v) is 9.04. The largest absolute Gasteiger partial charge is 0.491 e. The smallest absolute Gasteiger partial charge is 0.262 e. The first-order valence-electron chi connectivity index (χ1n) is 9.04. The molecule has 144 valence electrons. The van der Waals surface area contributed by atoms with Crippen LogP contribution in [0.1, 0.15) is 0 Å². The van der Waals surface area contributed by atoms with Crippen LogP contribution in [0.3, 0.4) is 0 Å². The topological polar surface area (TPSA) is 56.8 Å². The second-order valence-corrected chi connectivity index (χ2v) is 6.10. The number of amides is 1. The molecule has 0 fully saturated rings. The van der Waals surface area contributed by atoms with Crippen LogP contribution in [0.4, 0.5) is 5.69 Å². The standard InChI is InChI=1S/C23H23NO4/c1-26-14-15-27-22-9-5-8-20(16-22)24-23(25)17-28-21-12-10-19(11-13-21)18-6-3-2-4-7-18/h2-13,16H,14-15,17H2,1H3,(H,24,25). The lowest BCUT2D eigenvalue weighted by Gasteiger charge is -2.10. The van der Waals surface area contributed by atoms with Gasteiger partial charge in [0.15, 0.2) is 6.61 Å². The van der Waals surface area contributed by atoms with Crippen molar-refractivity contribution in [2.45, 2.75) is 0 Å². The van der Waals surface area contributed by atoms with E-state index < -0.39 is 0 Å². The van der Waals surface area contributed by atoms with Gasteiger partial charge in [-0.15, -0.1) is 0 Å². The van der Waals surface area contributed by atoms with Gasteiger partial charge in [-0.25, -0.2) is 0 Å². The van der Waals surface area contributed by atoms with Gasteiger partial charge >= 0.3 is 0 Å². The Bertz CT molecular complexity index is 879. The summed E-state index contributed by atoms with van der Waals surface area (Å²) < 4.78 is 16.1. The summed E-state index contributed by atoms with van der Waals surface area (Å²) in [5.41, 5.74) is 2.89. The van der Waals surface area contributed by atoms with Crippen LogP contribution in [0.25, 0.3) is 11.1 Å². The Morgan fingerprint density at radius 3 is 2.29 bits per heavy atom. The van der Waals surface area contributed by atoms with Crippen molar-refractivity contribution in [3.05, 3.63) is 78.9 Å². The van der Waals surface area contributed by atoms with E-state index in [2.05, 4.69) is 17.4 Å². The van der Waals surface area contributed by atoms with Crippen LogP contribution >= 0.6 is 0 Å². The maximum Gasteiger partial charge on any atom is 0.262 e. The highest BCUT2D eigenvalue weighted by molar-refractivity contribution is 5.92. The Balaban J connectivity index is 1.50. The number of methoxy groups -OCH3 is 1. The van der Waals surface area contributed by atoms with Crippen molar-refractivity contribution < 1.29 is 19.0 Å². The quantitative estimate of drug-likeness (QED) is 0.562. The average Bonchev–Trinajstić information content (AvgIpc) is 2.74. The van der Waals surface area contributed by atoms with Crippen molar-refractivity contribution >= 4 is 11.6 Å². The van der Waals surface area contributed by atoms with Gasteiger partial charge in [-0.2, -0.15) is 0 Å². The molecule has 0 heterocycles. The number of benzene rings is 3. The Morgan fingerprint density at radius 1 is 0.786 bits per heavy atom. The van der Waals surface area contributed by atoms with Gasteiger partial charge in [-0.3, -0.25) is 4.79 Å². The van der Waals surface area contributed by atoms with E-state index in [0.717, 1.165) is 11.1 Å². The summed E-state index contributed by atoms with van der Waals surface area (Å²) in [6, 6.07) is 25.0. The fourth-order valence-electron chi connectivity index (χ4n) is 2.63. The van der Waals surface area contributed by atoms with Crippen LogP contribution in [0.2, 0.25) is 0 Å². The molecule has 0 spiro atoms. The van der Waals surface area contributed by atoms with E-state index in [-0.39, 0.29) is 12.5 Å². The number of anilines is 1. The number of carbonyl (C=O) groups is 1. The molecule has 0 aliphatic carbocycles. The number of hydrogen-bond donors (Lipinski definition) is 1. The van der Waals surface area contributed by atoms with Gasteiger partial charge in [0.05, 0.1) is 6.61 Å². The highest BCUT2D eigenvalue weighted by Crippen LogP contribution is 2.22. The van der Waals surface area contributed by atoms with Crippen molar-refractivity contribution in [3.8, 4) is 22.6 Å². The molecule has 1 amide bonds. The SMILES string of the molecule is COCCOc1cccc(NC(=O)COc2ccc(-c3ccccc3)cc2)c1. The third-order valence-electron chi connectivity index (χ3n) is 4.01. The Hall–Kier alpha value is -3.31. The molecule has 0 radical (unpaired) electrons. The third kappa shape index (κ3) is 5.86. The van der Waals surface area contributed by atoms with Crippen LogP contribution in [0.15, 0.2) is 78.9 Å². The van der Waals surface area contributed by atoms with Crippen LogP contribution in [-0.2, 0) is 9.53 Å². The van der Waals surface area contributed by atoms with E-state index in [1.54, 1.807) is 19.2 Å².